The van der Waals surface area contributed by atoms with Crippen molar-refractivity contribution in [2.45, 2.75) is 51.2 Å². The zero-order valence-corrected chi connectivity index (χ0v) is 12.4. The van der Waals surface area contributed by atoms with Gasteiger partial charge in [0, 0.05) is 5.92 Å². The highest BCUT2D eigenvalue weighted by molar-refractivity contribution is 6.83. The Morgan fingerprint density at radius 1 is 1.22 bits per heavy atom. The number of nitrogens with one attached hydrogen (secondary N) is 1. The minimum atomic E-state index is -1.30. The SMILES string of the molecule is C[Si](C)(C)C#CC#Cc1cnc(C2CCCC2)[nH]1. The van der Waals surface area contributed by atoms with Crippen molar-refractivity contribution in [3.63, 3.8) is 0 Å². The number of hydrogen-bond acceptors (Lipinski definition) is 1. The molecule has 1 aliphatic carbocycles. The van der Waals surface area contributed by atoms with Crippen LogP contribution in [0.25, 0.3) is 0 Å². The highest BCUT2D eigenvalue weighted by Gasteiger charge is 2.19. The maximum atomic E-state index is 4.43. The number of nitrogens with zero attached hydrogens (tertiary/aromatic N) is 1. The van der Waals surface area contributed by atoms with E-state index in [1.807, 2.05) is 6.20 Å². The Morgan fingerprint density at radius 2 is 1.94 bits per heavy atom. The number of aromatic amines is 1. The smallest absolute Gasteiger partial charge is 0.130 e. The maximum absolute atomic E-state index is 4.43. The molecule has 0 radical (unpaired) electrons. The summed E-state index contributed by atoms with van der Waals surface area (Å²) >= 11 is 0. The molecule has 1 aromatic heterocycles. The van der Waals surface area contributed by atoms with Crippen molar-refractivity contribution >= 4 is 8.07 Å². The number of hydrogen-bond donors (Lipinski definition) is 1. The van der Waals surface area contributed by atoms with Gasteiger partial charge >= 0.3 is 0 Å². The van der Waals surface area contributed by atoms with E-state index >= 15 is 0 Å². The second-order valence-corrected chi connectivity index (χ2v) is 10.7. The summed E-state index contributed by atoms with van der Waals surface area (Å²) in [7, 11) is -1.30. The Kier molecular flexibility index (Phi) is 3.94. The molecule has 0 spiro atoms. The van der Waals surface area contributed by atoms with Crippen molar-refractivity contribution in [2.24, 2.45) is 0 Å². The van der Waals surface area contributed by atoms with Crippen LogP contribution in [0.1, 0.15) is 43.1 Å². The summed E-state index contributed by atoms with van der Waals surface area (Å²) in [5.74, 6) is 10.6. The molecule has 0 atom stereocenters. The van der Waals surface area contributed by atoms with E-state index in [9.17, 15) is 0 Å². The Labute approximate surface area is 111 Å². The van der Waals surface area contributed by atoms with E-state index in [1.165, 1.54) is 25.7 Å². The molecule has 2 rings (SSSR count). The first-order chi connectivity index (χ1) is 8.54. The van der Waals surface area contributed by atoms with Crippen molar-refractivity contribution in [3.05, 3.63) is 17.7 Å². The molecule has 0 aliphatic heterocycles. The van der Waals surface area contributed by atoms with Gasteiger partial charge in [0.05, 0.1) is 6.20 Å². The molecule has 3 heteroatoms. The summed E-state index contributed by atoms with van der Waals surface area (Å²) in [5, 5.41) is 0. The van der Waals surface area contributed by atoms with Crippen LogP contribution in [0, 0.1) is 23.3 Å². The molecule has 94 valence electrons. The van der Waals surface area contributed by atoms with Crippen LogP contribution in [0.2, 0.25) is 19.6 Å². The van der Waals surface area contributed by atoms with E-state index in [0.29, 0.717) is 5.92 Å². The number of aromatic nitrogens is 2. The molecule has 2 nitrogen and oxygen atoms in total. The Morgan fingerprint density at radius 3 is 2.61 bits per heavy atom. The monoisotopic (exact) mass is 256 g/mol. The molecule has 0 bridgehead atoms. The fourth-order valence-corrected chi connectivity index (χ4v) is 2.56. The van der Waals surface area contributed by atoms with Gasteiger partial charge in [0.15, 0.2) is 0 Å². The third-order valence-electron chi connectivity index (χ3n) is 3.03. The van der Waals surface area contributed by atoms with Crippen molar-refractivity contribution in [1.29, 1.82) is 0 Å². The number of rotatable bonds is 1. The van der Waals surface area contributed by atoms with Crippen molar-refractivity contribution in [2.75, 3.05) is 0 Å². The molecule has 1 aromatic rings. The number of H-pyrrole nitrogens is 1. The minimum Gasteiger partial charge on any atom is -0.335 e. The van der Waals surface area contributed by atoms with E-state index in [4.69, 9.17) is 0 Å². The first-order valence-corrected chi connectivity index (χ1v) is 10.1. The van der Waals surface area contributed by atoms with Gasteiger partial charge in [-0.2, -0.15) is 0 Å². The molecule has 1 N–H and O–H groups in total. The van der Waals surface area contributed by atoms with Gasteiger partial charge in [-0.15, -0.1) is 5.54 Å². The average Bonchev–Trinajstić information content (AvgIpc) is 2.93. The molecule has 18 heavy (non-hydrogen) atoms. The topological polar surface area (TPSA) is 28.7 Å². The van der Waals surface area contributed by atoms with Crippen molar-refractivity contribution in [1.82, 2.24) is 9.97 Å². The van der Waals surface area contributed by atoms with Crippen LogP contribution in [0.5, 0.6) is 0 Å². The molecule has 1 saturated carbocycles. The quantitative estimate of drug-likeness (QED) is 0.606. The third-order valence-corrected chi connectivity index (χ3v) is 3.91. The third kappa shape index (κ3) is 3.79. The number of imidazole rings is 1. The lowest BCUT2D eigenvalue weighted by atomic mass is 10.1. The first kappa shape index (κ1) is 13.0. The average molecular weight is 256 g/mol. The lowest BCUT2D eigenvalue weighted by Gasteiger charge is -2.02. The van der Waals surface area contributed by atoms with Gasteiger partial charge in [0.2, 0.25) is 0 Å². The predicted molar refractivity (Wildman–Crippen MR) is 77.8 cm³/mol. The lowest BCUT2D eigenvalue weighted by Crippen LogP contribution is -2.16. The molecular formula is C15H20N2Si. The summed E-state index contributed by atoms with van der Waals surface area (Å²) in [4.78, 5) is 7.74. The van der Waals surface area contributed by atoms with E-state index < -0.39 is 8.07 Å². The van der Waals surface area contributed by atoms with Gasteiger partial charge in [-0.25, -0.2) is 4.98 Å². The van der Waals surface area contributed by atoms with Crippen LogP contribution in [0.3, 0.4) is 0 Å². The van der Waals surface area contributed by atoms with Gasteiger partial charge < -0.3 is 4.98 Å². The fourth-order valence-electron chi connectivity index (χ4n) is 2.12. The van der Waals surface area contributed by atoms with Crippen LogP contribution in [0.15, 0.2) is 6.20 Å². The lowest BCUT2D eigenvalue weighted by molar-refractivity contribution is 0.678. The Bertz CT molecular complexity index is 523. The van der Waals surface area contributed by atoms with Crippen molar-refractivity contribution < 1.29 is 0 Å². The van der Waals surface area contributed by atoms with Crippen LogP contribution in [-0.2, 0) is 0 Å². The summed E-state index contributed by atoms with van der Waals surface area (Å²) < 4.78 is 0. The summed E-state index contributed by atoms with van der Waals surface area (Å²) in [6.45, 7) is 6.65. The second kappa shape index (κ2) is 5.46. The zero-order chi connectivity index (χ0) is 13.0. The van der Waals surface area contributed by atoms with E-state index in [1.54, 1.807) is 0 Å². The van der Waals surface area contributed by atoms with E-state index in [2.05, 4.69) is 52.9 Å². The highest BCUT2D eigenvalue weighted by atomic mass is 28.3. The van der Waals surface area contributed by atoms with Gasteiger partial charge in [-0.3, -0.25) is 0 Å². The van der Waals surface area contributed by atoms with E-state index in [-0.39, 0.29) is 0 Å². The Balaban J connectivity index is 2.02. The molecule has 1 aliphatic rings. The molecule has 0 amide bonds. The van der Waals surface area contributed by atoms with Crippen LogP contribution < -0.4 is 0 Å². The standard InChI is InChI=1S/C15H20N2Si/c1-18(2,3)11-7-6-10-14-12-16-15(17-14)13-8-4-5-9-13/h12-13H,4-5,8-9H2,1-3H3,(H,16,17). The van der Waals surface area contributed by atoms with E-state index in [0.717, 1.165) is 11.5 Å². The molecule has 0 saturated heterocycles. The van der Waals surface area contributed by atoms with Gasteiger partial charge in [-0.05, 0) is 30.6 Å². The molecule has 1 fully saturated rings. The van der Waals surface area contributed by atoms with Gasteiger partial charge in [-0.1, -0.05) is 32.5 Å². The summed E-state index contributed by atoms with van der Waals surface area (Å²) in [5.41, 5.74) is 4.13. The van der Waals surface area contributed by atoms with Gasteiger partial charge in [0.25, 0.3) is 0 Å². The predicted octanol–water partition coefficient (Wildman–Crippen LogP) is 3.30. The molecule has 0 aromatic carbocycles. The highest BCUT2D eigenvalue weighted by Crippen LogP contribution is 2.31. The fraction of sp³-hybridized carbons (Fsp3) is 0.533. The summed E-state index contributed by atoms with van der Waals surface area (Å²) in [6, 6.07) is 0. The van der Waals surface area contributed by atoms with Crippen LogP contribution in [0.4, 0.5) is 0 Å². The molecular weight excluding hydrogens is 236 g/mol. The maximum Gasteiger partial charge on any atom is 0.130 e. The Hall–Kier alpha value is -1.45. The first-order valence-electron chi connectivity index (χ1n) is 6.63. The minimum absolute atomic E-state index is 0.619. The molecule has 0 unspecified atom stereocenters. The van der Waals surface area contributed by atoms with Crippen molar-refractivity contribution in [3.8, 4) is 23.3 Å². The largest absolute Gasteiger partial charge is 0.335 e. The van der Waals surface area contributed by atoms with Crippen LogP contribution >= 0.6 is 0 Å². The zero-order valence-electron chi connectivity index (χ0n) is 11.4. The van der Waals surface area contributed by atoms with Crippen LogP contribution in [-0.4, -0.2) is 18.0 Å². The molecule has 1 heterocycles. The van der Waals surface area contributed by atoms with Gasteiger partial charge in [0.1, 0.15) is 19.6 Å². The summed E-state index contributed by atoms with van der Waals surface area (Å²) in [6.07, 6.45) is 7.00. The second-order valence-electron chi connectivity index (χ2n) is 5.91. The normalized spacial score (nSPS) is 15.7.